The third kappa shape index (κ3) is 4.49. The second-order valence-corrected chi connectivity index (χ2v) is 3.80. The number of hydrogen-bond donors (Lipinski definition) is 1. The number of alkyl halides is 3. The van der Waals surface area contributed by atoms with Gasteiger partial charge in [-0.2, -0.15) is 18.4 Å². The van der Waals surface area contributed by atoms with Gasteiger partial charge in [-0.15, -0.1) is 0 Å². The maximum atomic E-state index is 12.1. The molecule has 0 radical (unpaired) electrons. The molecule has 0 atom stereocenters. The second kappa shape index (κ2) is 5.16. The predicted molar refractivity (Wildman–Crippen MR) is 49.1 cm³/mol. The quantitative estimate of drug-likeness (QED) is 0.792. The van der Waals surface area contributed by atoms with E-state index in [1.165, 1.54) is 13.8 Å². The lowest BCUT2D eigenvalue weighted by Crippen LogP contribution is -2.46. The fraction of sp³-hybridized carbons (Fsp3) is 0.778. The van der Waals surface area contributed by atoms with Gasteiger partial charge in [-0.3, -0.25) is 4.79 Å². The number of halogens is 3. The van der Waals surface area contributed by atoms with Crippen LogP contribution < -0.4 is 0 Å². The number of carbonyl (C=O) groups excluding carboxylic acids is 1. The van der Waals surface area contributed by atoms with Gasteiger partial charge in [0, 0.05) is 6.54 Å². The van der Waals surface area contributed by atoms with Gasteiger partial charge in [0.25, 0.3) is 0 Å². The first-order chi connectivity index (χ1) is 7.14. The van der Waals surface area contributed by atoms with Crippen molar-refractivity contribution in [2.45, 2.75) is 20.0 Å². The summed E-state index contributed by atoms with van der Waals surface area (Å²) in [5.74, 6) is -0.943. The van der Waals surface area contributed by atoms with Crippen LogP contribution in [0.15, 0.2) is 0 Å². The molecule has 0 fully saturated rings. The van der Waals surface area contributed by atoms with Gasteiger partial charge in [0.2, 0.25) is 5.91 Å². The van der Waals surface area contributed by atoms with E-state index in [9.17, 15) is 18.0 Å². The molecule has 0 spiro atoms. The Bertz CT molecular complexity index is 294. The van der Waals surface area contributed by atoms with Crippen molar-refractivity contribution in [2.75, 3.05) is 19.7 Å². The van der Waals surface area contributed by atoms with E-state index in [1.54, 1.807) is 6.07 Å². The Labute approximate surface area is 91.3 Å². The molecule has 0 aliphatic carbocycles. The third-order valence-electron chi connectivity index (χ3n) is 1.84. The summed E-state index contributed by atoms with van der Waals surface area (Å²) in [4.78, 5) is 12.0. The number of nitrogens with zero attached hydrogens (tertiary/aromatic N) is 2. The molecule has 4 nitrogen and oxygen atoms in total. The van der Waals surface area contributed by atoms with Crippen LogP contribution in [0.4, 0.5) is 13.2 Å². The Morgan fingerprint density at radius 2 is 1.94 bits per heavy atom. The summed E-state index contributed by atoms with van der Waals surface area (Å²) in [5.41, 5.74) is -1.53. The van der Waals surface area contributed by atoms with Crippen molar-refractivity contribution in [1.29, 1.82) is 5.26 Å². The van der Waals surface area contributed by atoms with Gasteiger partial charge in [-0.1, -0.05) is 0 Å². The molecule has 7 heteroatoms. The van der Waals surface area contributed by atoms with Crippen LogP contribution in [0.2, 0.25) is 0 Å². The van der Waals surface area contributed by atoms with Crippen LogP contribution in [0.3, 0.4) is 0 Å². The minimum atomic E-state index is -4.55. The molecular weight excluding hydrogens is 225 g/mol. The van der Waals surface area contributed by atoms with Crippen molar-refractivity contribution in [1.82, 2.24) is 4.90 Å². The zero-order chi connectivity index (χ0) is 13.0. The zero-order valence-electron chi connectivity index (χ0n) is 9.01. The summed E-state index contributed by atoms with van der Waals surface area (Å²) >= 11 is 0. The fourth-order valence-electron chi connectivity index (χ4n) is 1.03. The molecule has 0 aromatic carbocycles. The SMILES string of the molecule is CC(C)(C#N)C(=O)N(CCO)CC(F)(F)F. The third-order valence-corrected chi connectivity index (χ3v) is 1.84. The van der Waals surface area contributed by atoms with Crippen LogP contribution in [0.1, 0.15) is 13.8 Å². The first-order valence-corrected chi connectivity index (χ1v) is 4.52. The summed E-state index contributed by atoms with van der Waals surface area (Å²) < 4.78 is 36.4. The summed E-state index contributed by atoms with van der Waals surface area (Å²) in [6.45, 7) is -0.0174. The average Bonchev–Trinajstić information content (AvgIpc) is 2.14. The number of hydrogen-bond acceptors (Lipinski definition) is 3. The van der Waals surface area contributed by atoms with Crippen LogP contribution in [-0.4, -0.2) is 41.8 Å². The summed E-state index contributed by atoms with van der Waals surface area (Å²) in [6, 6.07) is 1.63. The van der Waals surface area contributed by atoms with Gasteiger partial charge in [-0.05, 0) is 13.8 Å². The van der Waals surface area contributed by atoms with E-state index in [1.807, 2.05) is 0 Å². The fourth-order valence-corrected chi connectivity index (χ4v) is 1.03. The van der Waals surface area contributed by atoms with Crippen molar-refractivity contribution in [2.24, 2.45) is 5.41 Å². The number of rotatable bonds is 4. The molecule has 0 saturated carbocycles. The molecule has 92 valence electrons. The smallest absolute Gasteiger partial charge is 0.395 e. The van der Waals surface area contributed by atoms with Gasteiger partial charge in [0.15, 0.2) is 0 Å². The first-order valence-electron chi connectivity index (χ1n) is 4.52. The van der Waals surface area contributed by atoms with Crippen LogP contribution in [-0.2, 0) is 4.79 Å². The topological polar surface area (TPSA) is 64.3 Å². The Hall–Kier alpha value is -1.29. The van der Waals surface area contributed by atoms with Gasteiger partial charge < -0.3 is 10.0 Å². The van der Waals surface area contributed by atoms with Crippen LogP contribution in [0, 0.1) is 16.7 Å². The molecule has 0 aromatic rings. The van der Waals surface area contributed by atoms with Crippen LogP contribution >= 0.6 is 0 Å². The number of aliphatic hydroxyl groups is 1. The molecule has 0 unspecified atom stereocenters. The summed E-state index contributed by atoms with van der Waals surface area (Å²) in [7, 11) is 0. The van der Waals surface area contributed by atoms with Crippen molar-refractivity contribution >= 4 is 5.91 Å². The minimum absolute atomic E-state index is 0.434. The molecule has 0 aliphatic rings. The highest BCUT2D eigenvalue weighted by Gasteiger charge is 2.38. The summed E-state index contributed by atoms with van der Waals surface area (Å²) in [5, 5.41) is 17.2. The van der Waals surface area contributed by atoms with E-state index in [-0.39, 0.29) is 0 Å². The Morgan fingerprint density at radius 3 is 2.25 bits per heavy atom. The number of nitriles is 1. The van der Waals surface area contributed by atoms with E-state index in [2.05, 4.69) is 0 Å². The Balaban J connectivity index is 4.81. The lowest BCUT2D eigenvalue weighted by atomic mass is 9.94. The molecule has 0 rings (SSSR count). The van der Waals surface area contributed by atoms with Crippen molar-refractivity contribution in [3.63, 3.8) is 0 Å². The average molecular weight is 238 g/mol. The van der Waals surface area contributed by atoms with Crippen LogP contribution in [0.25, 0.3) is 0 Å². The normalized spacial score (nSPS) is 12.1. The monoisotopic (exact) mass is 238 g/mol. The lowest BCUT2D eigenvalue weighted by Gasteiger charge is -2.28. The number of amides is 1. The molecule has 0 aromatic heterocycles. The van der Waals surface area contributed by atoms with Gasteiger partial charge in [0.05, 0.1) is 12.7 Å². The molecule has 1 N–H and O–H groups in total. The van der Waals surface area contributed by atoms with E-state index in [0.717, 1.165) is 0 Å². The minimum Gasteiger partial charge on any atom is -0.395 e. The van der Waals surface area contributed by atoms with Gasteiger partial charge in [-0.25, -0.2) is 0 Å². The van der Waals surface area contributed by atoms with Gasteiger partial charge >= 0.3 is 6.18 Å². The highest BCUT2D eigenvalue weighted by atomic mass is 19.4. The molecule has 0 aliphatic heterocycles. The summed E-state index contributed by atoms with van der Waals surface area (Å²) in [6.07, 6.45) is -4.55. The second-order valence-electron chi connectivity index (χ2n) is 3.80. The van der Waals surface area contributed by atoms with Crippen molar-refractivity contribution in [3.05, 3.63) is 0 Å². The Kier molecular flexibility index (Phi) is 4.75. The van der Waals surface area contributed by atoms with Crippen molar-refractivity contribution < 1.29 is 23.1 Å². The largest absolute Gasteiger partial charge is 0.406 e. The highest BCUT2D eigenvalue weighted by molar-refractivity contribution is 5.84. The zero-order valence-corrected chi connectivity index (χ0v) is 9.01. The van der Waals surface area contributed by atoms with E-state index >= 15 is 0 Å². The maximum absolute atomic E-state index is 12.1. The maximum Gasteiger partial charge on any atom is 0.406 e. The lowest BCUT2D eigenvalue weighted by molar-refractivity contribution is -0.165. The first kappa shape index (κ1) is 14.7. The number of carbonyl (C=O) groups is 1. The molecular formula is C9H13F3N2O2. The van der Waals surface area contributed by atoms with E-state index in [4.69, 9.17) is 10.4 Å². The van der Waals surface area contributed by atoms with Gasteiger partial charge in [0.1, 0.15) is 12.0 Å². The van der Waals surface area contributed by atoms with Crippen molar-refractivity contribution in [3.8, 4) is 6.07 Å². The molecule has 0 bridgehead atoms. The number of aliphatic hydroxyl groups excluding tert-OH is 1. The predicted octanol–water partition coefficient (Wildman–Crippen LogP) is 0.919. The molecule has 0 heterocycles. The standard InChI is InChI=1S/C9H13F3N2O2/c1-8(2,5-13)7(16)14(3-4-15)6-9(10,11)12/h15H,3-4,6H2,1-2H3. The molecule has 1 amide bonds. The molecule has 0 saturated heterocycles. The molecule has 16 heavy (non-hydrogen) atoms. The van der Waals surface area contributed by atoms with E-state index in [0.29, 0.717) is 4.90 Å². The Morgan fingerprint density at radius 1 is 1.44 bits per heavy atom. The van der Waals surface area contributed by atoms with Crippen LogP contribution in [0.5, 0.6) is 0 Å². The van der Waals surface area contributed by atoms with E-state index < -0.39 is 37.2 Å². The highest BCUT2D eigenvalue weighted by Crippen LogP contribution is 2.22.